The number of hydrogen-bond acceptors (Lipinski definition) is 8. The third-order valence-electron chi connectivity index (χ3n) is 15.6. The van der Waals surface area contributed by atoms with Crippen LogP contribution in [0.1, 0.15) is 145 Å². The van der Waals surface area contributed by atoms with E-state index in [1.165, 1.54) is 0 Å². The van der Waals surface area contributed by atoms with Gasteiger partial charge in [-0.05, 0) is 92.4 Å². The number of amides is 3. The lowest BCUT2D eigenvalue weighted by Gasteiger charge is -2.39. The van der Waals surface area contributed by atoms with E-state index in [0.717, 1.165) is 32.1 Å². The van der Waals surface area contributed by atoms with Crippen LogP contribution >= 0.6 is 0 Å². The number of fused-ring (bicyclic) bond motifs is 1. The van der Waals surface area contributed by atoms with E-state index in [0.29, 0.717) is 51.6 Å². The van der Waals surface area contributed by atoms with Crippen molar-refractivity contribution in [1.29, 1.82) is 0 Å². The number of Topliss-reactive ketones (excluding diaryl/α,β-unsaturated/α-hetero) is 2. The van der Waals surface area contributed by atoms with Crippen LogP contribution in [-0.2, 0) is 34.0 Å². The SMILES string of the molecule is CC(C)(C)[C@H](CC(=O)[C@@H](NC(=O)C1CCCCN1CCF)C(C)(C)C)C(=O)N1C[C@]2(C[C@H]1C(=O)C[C@]1(C(=O)NS(=O)(=O)C3CC3)CC=CCC1)C(C)(C)C21CCC1. The summed E-state index contributed by atoms with van der Waals surface area (Å²) in [5, 5.41) is 2.45. The molecule has 2 heterocycles. The number of allylic oxidation sites excluding steroid dienone is 2. The molecule has 0 radical (unpaired) electrons. The summed E-state index contributed by atoms with van der Waals surface area (Å²) >= 11 is 0. The van der Waals surface area contributed by atoms with Crippen molar-refractivity contribution >= 4 is 39.3 Å². The van der Waals surface area contributed by atoms with Crippen LogP contribution in [0.4, 0.5) is 4.39 Å². The van der Waals surface area contributed by atoms with E-state index in [-0.39, 0.29) is 65.4 Å². The highest BCUT2D eigenvalue weighted by molar-refractivity contribution is 7.90. The van der Waals surface area contributed by atoms with Crippen molar-refractivity contribution in [3.8, 4) is 0 Å². The lowest BCUT2D eigenvalue weighted by Crippen LogP contribution is -2.57. The second kappa shape index (κ2) is 15.4. The Morgan fingerprint density at radius 3 is 2.09 bits per heavy atom. The van der Waals surface area contributed by atoms with Crippen LogP contribution in [-0.4, -0.2) is 97.2 Å². The number of carbonyl (C=O) groups excluding carboxylic acids is 5. The van der Waals surface area contributed by atoms with Crippen LogP contribution in [0.2, 0.25) is 0 Å². The molecule has 3 amide bonds. The summed E-state index contributed by atoms with van der Waals surface area (Å²) < 4.78 is 41.6. The Bertz CT molecular complexity index is 1750. The van der Waals surface area contributed by atoms with Crippen molar-refractivity contribution < 1.29 is 36.8 Å². The van der Waals surface area contributed by atoms with E-state index in [1.807, 2.05) is 58.6 Å². The summed E-state index contributed by atoms with van der Waals surface area (Å²) in [5.41, 5.74) is -3.01. The summed E-state index contributed by atoms with van der Waals surface area (Å²) in [6.45, 7) is 16.5. The molecule has 57 heavy (non-hydrogen) atoms. The van der Waals surface area contributed by atoms with Crippen molar-refractivity contribution in [3.63, 3.8) is 0 Å². The van der Waals surface area contributed by atoms with Gasteiger partial charge in [0.05, 0.1) is 28.8 Å². The maximum absolute atomic E-state index is 15.2. The largest absolute Gasteiger partial charge is 0.344 e. The minimum absolute atomic E-state index is 0.0123. The molecule has 6 atom stereocenters. The Morgan fingerprint density at radius 1 is 0.877 bits per heavy atom. The van der Waals surface area contributed by atoms with Crippen LogP contribution in [0, 0.1) is 38.4 Å². The van der Waals surface area contributed by atoms with Crippen molar-refractivity contribution in [2.75, 3.05) is 26.3 Å². The maximum atomic E-state index is 15.2. The molecule has 11 nitrogen and oxygen atoms in total. The predicted molar refractivity (Wildman–Crippen MR) is 217 cm³/mol. The summed E-state index contributed by atoms with van der Waals surface area (Å²) in [5.74, 6) is -2.54. The first-order valence-electron chi connectivity index (χ1n) is 21.6. The number of hydrogen-bond donors (Lipinski definition) is 2. The standard InChI is InChI=1S/C44H69FN4O7S/c1-39(2,3)30(25-33(50)35(40(4,5)6)46-36(52)31-15-10-13-23-48(31)24-22-45)37(53)49-28-44(41(7,8)43(44)20-14-21-43)26-32(49)34(51)27-42(18-11-9-12-19-42)38(54)47-57(55,56)29-16-17-29/h9,11,29-32,35H,10,12-28H2,1-8H3,(H,46,52)(H,47,54)/t30-,31?,32+,35-,42+,44-/m1/s1. The smallest absolute Gasteiger partial charge is 0.240 e. The van der Waals surface area contributed by atoms with Crippen molar-refractivity contribution in [3.05, 3.63) is 12.2 Å². The molecular formula is C44H69FN4O7S. The number of ketones is 2. The second-order valence-corrected chi connectivity index (χ2v) is 23.2. The van der Waals surface area contributed by atoms with Gasteiger partial charge in [-0.2, -0.15) is 0 Å². The zero-order valence-corrected chi connectivity index (χ0v) is 36.6. The zero-order chi connectivity index (χ0) is 42.0. The molecule has 4 aliphatic carbocycles. The Kier molecular flexibility index (Phi) is 11.9. The van der Waals surface area contributed by atoms with Gasteiger partial charge in [-0.25, -0.2) is 12.8 Å². The van der Waals surface area contributed by atoms with Crippen LogP contribution in [0.25, 0.3) is 0 Å². The Labute approximate surface area is 340 Å². The monoisotopic (exact) mass is 816 g/mol. The fourth-order valence-corrected chi connectivity index (χ4v) is 13.0. The molecule has 320 valence electrons. The van der Waals surface area contributed by atoms with Crippen LogP contribution in [0.5, 0.6) is 0 Å². The highest BCUT2D eigenvalue weighted by Gasteiger charge is 2.85. The minimum Gasteiger partial charge on any atom is -0.344 e. The number of sulfonamides is 1. The van der Waals surface area contributed by atoms with Crippen LogP contribution < -0.4 is 10.0 Å². The summed E-state index contributed by atoms with van der Waals surface area (Å²) in [6.07, 6.45) is 11.5. The van der Waals surface area contributed by atoms with Crippen molar-refractivity contribution in [2.24, 2.45) is 38.4 Å². The van der Waals surface area contributed by atoms with Crippen molar-refractivity contribution in [2.45, 2.75) is 169 Å². The van der Waals surface area contributed by atoms with Gasteiger partial charge in [0.1, 0.15) is 6.67 Å². The van der Waals surface area contributed by atoms with E-state index < -0.39 is 68.1 Å². The molecule has 3 saturated carbocycles. The number of halogens is 1. The minimum atomic E-state index is -3.84. The molecule has 2 aliphatic heterocycles. The molecule has 2 spiro atoms. The van der Waals surface area contributed by atoms with E-state index in [2.05, 4.69) is 23.9 Å². The Balaban J connectivity index is 1.28. The van der Waals surface area contributed by atoms with E-state index in [1.54, 1.807) is 4.90 Å². The van der Waals surface area contributed by atoms with Crippen molar-refractivity contribution in [1.82, 2.24) is 19.8 Å². The Hall–Kier alpha value is -2.67. The quantitative estimate of drug-likeness (QED) is 0.201. The lowest BCUT2D eigenvalue weighted by atomic mass is 9.71. The molecule has 2 saturated heterocycles. The summed E-state index contributed by atoms with van der Waals surface area (Å²) in [7, 11) is -3.84. The molecule has 6 rings (SSSR count). The average Bonchev–Trinajstić information content (AvgIpc) is 3.97. The number of alkyl halides is 1. The summed E-state index contributed by atoms with van der Waals surface area (Å²) in [4.78, 5) is 75.9. The number of nitrogens with zero attached hydrogens (tertiary/aromatic N) is 2. The molecule has 6 aliphatic rings. The first-order valence-corrected chi connectivity index (χ1v) is 23.2. The van der Waals surface area contributed by atoms with E-state index in [9.17, 15) is 32.0 Å². The van der Waals surface area contributed by atoms with Gasteiger partial charge in [-0.3, -0.25) is 33.6 Å². The summed E-state index contributed by atoms with van der Waals surface area (Å²) in [6, 6.07) is -2.25. The number of rotatable bonds is 14. The van der Waals surface area contributed by atoms with Crippen LogP contribution in [0.15, 0.2) is 12.2 Å². The highest BCUT2D eigenvalue weighted by Crippen LogP contribution is 2.88. The molecule has 0 aromatic heterocycles. The van der Waals surface area contributed by atoms with E-state index >= 15 is 4.79 Å². The molecule has 5 fully saturated rings. The van der Waals surface area contributed by atoms with Gasteiger partial charge in [0.2, 0.25) is 27.7 Å². The molecular weight excluding hydrogens is 748 g/mol. The van der Waals surface area contributed by atoms with Gasteiger partial charge in [0.25, 0.3) is 0 Å². The topological polar surface area (TPSA) is 150 Å². The highest BCUT2D eigenvalue weighted by atomic mass is 32.2. The van der Waals surface area contributed by atoms with Gasteiger partial charge in [0, 0.05) is 37.3 Å². The van der Waals surface area contributed by atoms with Gasteiger partial charge in [-0.1, -0.05) is 80.4 Å². The average molecular weight is 817 g/mol. The number of carbonyl (C=O) groups is 5. The number of likely N-dealkylation sites (tertiary alicyclic amines) is 2. The number of nitrogens with one attached hydrogen (secondary N) is 2. The van der Waals surface area contributed by atoms with Gasteiger partial charge >= 0.3 is 0 Å². The van der Waals surface area contributed by atoms with Gasteiger partial charge < -0.3 is 10.2 Å². The molecule has 2 N–H and O–H groups in total. The molecule has 13 heteroatoms. The molecule has 0 aromatic carbocycles. The normalized spacial score (nSPS) is 30.7. The fraction of sp³-hybridized carbons (Fsp3) is 0.841. The lowest BCUT2D eigenvalue weighted by molar-refractivity contribution is -0.147. The van der Waals surface area contributed by atoms with E-state index in [4.69, 9.17) is 0 Å². The molecule has 1 unspecified atom stereocenters. The zero-order valence-electron chi connectivity index (χ0n) is 35.8. The third-order valence-corrected chi connectivity index (χ3v) is 17.5. The third kappa shape index (κ3) is 7.90. The predicted octanol–water partition coefficient (Wildman–Crippen LogP) is 6.05. The first-order chi connectivity index (χ1) is 26.5. The van der Waals surface area contributed by atoms with Crippen LogP contribution in [0.3, 0.4) is 0 Å². The maximum Gasteiger partial charge on any atom is 0.240 e. The molecule has 0 bridgehead atoms. The van der Waals surface area contributed by atoms with Gasteiger partial charge in [0.15, 0.2) is 11.6 Å². The fourth-order valence-electron chi connectivity index (χ4n) is 11.6. The van der Waals surface area contributed by atoms with Gasteiger partial charge in [-0.15, -0.1) is 0 Å². The number of piperidine rings is 1. The molecule has 0 aromatic rings. The first kappa shape index (κ1) is 43.9. The second-order valence-electron chi connectivity index (χ2n) is 21.3. The Morgan fingerprint density at radius 2 is 1.56 bits per heavy atom.